The third-order valence-electron chi connectivity index (χ3n) is 5.20. The first-order valence-electron chi connectivity index (χ1n) is 9.31. The van der Waals surface area contributed by atoms with Crippen LogP contribution in [0.25, 0.3) is 0 Å². The van der Waals surface area contributed by atoms with Gasteiger partial charge in [-0.2, -0.15) is 4.99 Å². The molecule has 29 heavy (non-hydrogen) atoms. The summed E-state index contributed by atoms with van der Waals surface area (Å²) in [6.07, 6.45) is 0.161. The lowest BCUT2D eigenvalue weighted by Gasteiger charge is -2.24. The second-order valence-electron chi connectivity index (χ2n) is 7.55. The summed E-state index contributed by atoms with van der Waals surface area (Å²) < 4.78 is 38.4. The minimum Gasteiger partial charge on any atom is -0.315 e. The standard InChI is InChI=1S/C21H21FN2O3S2/c1-13-3-6-15(7-4-13)9-20(25)23-21-24(16-8-5-14(2)17(22)10-16)18-11-29(26,27)12-19(18)28-21/h3-8,10,18-19H,9,11-12H2,1-2H3. The van der Waals surface area contributed by atoms with Crippen LogP contribution in [0, 0.1) is 19.7 Å². The zero-order valence-electron chi connectivity index (χ0n) is 16.1. The molecule has 0 bridgehead atoms. The number of anilines is 1. The second kappa shape index (κ2) is 7.57. The molecule has 0 spiro atoms. The Morgan fingerprint density at radius 3 is 2.59 bits per heavy atom. The number of rotatable bonds is 3. The molecule has 1 amide bonds. The highest BCUT2D eigenvalue weighted by Crippen LogP contribution is 2.41. The Morgan fingerprint density at radius 1 is 1.17 bits per heavy atom. The maximum absolute atomic E-state index is 14.2. The number of carbonyl (C=O) groups is 1. The third kappa shape index (κ3) is 4.23. The van der Waals surface area contributed by atoms with Crippen molar-refractivity contribution in [2.24, 2.45) is 4.99 Å². The van der Waals surface area contributed by atoms with E-state index in [0.717, 1.165) is 11.1 Å². The van der Waals surface area contributed by atoms with Crippen LogP contribution in [-0.2, 0) is 21.1 Å². The van der Waals surface area contributed by atoms with Gasteiger partial charge in [0, 0.05) is 10.9 Å². The maximum Gasteiger partial charge on any atom is 0.252 e. The highest BCUT2D eigenvalue weighted by Gasteiger charge is 2.49. The van der Waals surface area contributed by atoms with E-state index in [1.54, 1.807) is 24.0 Å². The predicted molar refractivity (Wildman–Crippen MR) is 115 cm³/mol. The molecule has 0 radical (unpaired) electrons. The van der Waals surface area contributed by atoms with Crippen LogP contribution in [0.2, 0.25) is 0 Å². The van der Waals surface area contributed by atoms with E-state index in [0.29, 0.717) is 16.4 Å². The molecule has 2 atom stereocenters. The molecule has 2 saturated heterocycles. The Kier molecular flexibility index (Phi) is 5.25. The van der Waals surface area contributed by atoms with Crippen molar-refractivity contribution in [3.8, 4) is 0 Å². The van der Waals surface area contributed by atoms with E-state index in [1.165, 1.54) is 17.8 Å². The average Bonchev–Trinajstić information content (AvgIpc) is 3.10. The first-order chi connectivity index (χ1) is 13.7. The third-order valence-corrected chi connectivity index (χ3v) is 8.41. The largest absolute Gasteiger partial charge is 0.315 e. The lowest BCUT2D eigenvalue weighted by molar-refractivity contribution is -0.117. The zero-order valence-corrected chi connectivity index (χ0v) is 17.8. The lowest BCUT2D eigenvalue weighted by atomic mass is 10.1. The highest BCUT2D eigenvalue weighted by atomic mass is 32.2. The number of hydrogen-bond acceptors (Lipinski definition) is 4. The number of amidine groups is 1. The summed E-state index contributed by atoms with van der Waals surface area (Å²) in [4.78, 5) is 18.6. The minimum atomic E-state index is -3.17. The topological polar surface area (TPSA) is 66.8 Å². The van der Waals surface area contributed by atoms with Crippen LogP contribution in [0.5, 0.6) is 0 Å². The summed E-state index contributed by atoms with van der Waals surface area (Å²) in [5.41, 5.74) is 3.00. The number of hydrogen-bond donors (Lipinski definition) is 0. The van der Waals surface area contributed by atoms with E-state index in [1.807, 2.05) is 31.2 Å². The predicted octanol–water partition coefficient (Wildman–Crippen LogP) is 3.29. The maximum atomic E-state index is 14.2. The van der Waals surface area contributed by atoms with Crippen molar-refractivity contribution >= 4 is 38.4 Å². The van der Waals surface area contributed by atoms with Gasteiger partial charge in [-0.15, -0.1) is 0 Å². The molecule has 152 valence electrons. The number of thioether (sulfide) groups is 1. The second-order valence-corrected chi connectivity index (χ2v) is 10.9. The smallest absolute Gasteiger partial charge is 0.252 e. The molecular weight excluding hydrogens is 411 g/mol. The Hall–Kier alpha value is -2.19. The van der Waals surface area contributed by atoms with Crippen molar-refractivity contribution in [2.45, 2.75) is 31.6 Å². The monoisotopic (exact) mass is 432 g/mol. The average molecular weight is 433 g/mol. The van der Waals surface area contributed by atoms with E-state index in [-0.39, 0.29) is 40.9 Å². The quantitative estimate of drug-likeness (QED) is 0.745. The molecule has 2 fully saturated rings. The number of aryl methyl sites for hydroxylation is 2. The van der Waals surface area contributed by atoms with E-state index in [9.17, 15) is 17.6 Å². The van der Waals surface area contributed by atoms with Gasteiger partial charge in [-0.1, -0.05) is 47.7 Å². The summed E-state index contributed by atoms with van der Waals surface area (Å²) in [6.45, 7) is 3.65. The lowest BCUT2D eigenvalue weighted by Crippen LogP contribution is -2.37. The molecule has 8 heteroatoms. The number of nitrogens with zero attached hydrogens (tertiary/aromatic N) is 2. The molecule has 0 aliphatic carbocycles. The van der Waals surface area contributed by atoms with Crippen LogP contribution in [0.4, 0.5) is 10.1 Å². The molecule has 4 rings (SSSR count). The van der Waals surface area contributed by atoms with Gasteiger partial charge in [0.15, 0.2) is 15.0 Å². The van der Waals surface area contributed by atoms with Crippen LogP contribution < -0.4 is 4.90 Å². The van der Waals surface area contributed by atoms with Crippen LogP contribution >= 0.6 is 11.8 Å². The molecule has 0 N–H and O–H groups in total. The normalized spacial score (nSPS) is 24.1. The summed E-state index contributed by atoms with van der Waals surface area (Å²) in [5, 5.41) is 0.227. The van der Waals surface area contributed by atoms with Gasteiger partial charge in [0.2, 0.25) is 0 Å². The van der Waals surface area contributed by atoms with Gasteiger partial charge in [-0.3, -0.25) is 4.79 Å². The van der Waals surface area contributed by atoms with Crippen molar-refractivity contribution in [3.63, 3.8) is 0 Å². The molecule has 2 aromatic carbocycles. The van der Waals surface area contributed by atoms with Crippen molar-refractivity contribution < 1.29 is 17.6 Å². The number of aliphatic imine (C=N–C) groups is 1. The fraction of sp³-hybridized carbons (Fsp3) is 0.333. The van der Waals surface area contributed by atoms with Gasteiger partial charge in [0.1, 0.15) is 5.82 Å². The molecule has 2 aliphatic rings. The van der Waals surface area contributed by atoms with Crippen molar-refractivity contribution in [1.82, 2.24) is 0 Å². The summed E-state index contributed by atoms with van der Waals surface area (Å²) in [5.74, 6) is -0.664. The van der Waals surface area contributed by atoms with Crippen molar-refractivity contribution in [1.29, 1.82) is 0 Å². The Balaban J connectivity index is 1.65. The minimum absolute atomic E-state index is 0.0225. The fourth-order valence-electron chi connectivity index (χ4n) is 3.62. The summed E-state index contributed by atoms with van der Waals surface area (Å²) >= 11 is 1.29. The van der Waals surface area contributed by atoms with E-state index in [2.05, 4.69) is 4.99 Å². The fourth-order valence-corrected chi connectivity index (χ4v) is 7.56. The van der Waals surface area contributed by atoms with Gasteiger partial charge >= 0.3 is 0 Å². The Labute approximate surface area is 173 Å². The molecule has 0 aromatic heterocycles. The molecule has 0 saturated carbocycles. The Bertz CT molecular complexity index is 1100. The Morgan fingerprint density at radius 2 is 1.90 bits per heavy atom. The van der Waals surface area contributed by atoms with E-state index >= 15 is 0 Å². The number of amides is 1. The van der Waals surface area contributed by atoms with Crippen LogP contribution in [0.15, 0.2) is 47.5 Å². The van der Waals surface area contributed by atoms with E-state index < -0.39 is 9.84 Å². The number of halogens is 1. The molecule has 2 aliphatic heterocycles. The summed E-state index contributed by atoms with van der Waals surface area (Å²) in [6, 6.07) is 12.1. The molecular formula is C21H21FN2O3S2. The first kappa shape index (κ1) is 20.1. The van der Waals surface area contributed by atoms with Crippen LogP contribution in [0.1, 0.15) is 16.7 Å². The van der Waals surface area contributed by atoms with Crippen molar-refractivity contribution in [3.05, 3.63) is 65.0 Å². The van der Waals surface area contributed by atoms with E-state index in [4.69, 9.17) is 0 Å². The number of fused-ring (bicyclic) bond motifs is 1. The molecule has 2 unspecified atom stereocenters. The van der Waals surface area contributed by atoms with Gasteiger partial charge in [-0.25, -0.2) is 12.8 Å². The van der Waals surface area contributed by atoms with Gasteiger partial charge in [0.05, 0.1) is 24.0 Å². The highest BCUT2D eigenvalue weighted by molar-refractivity contribution is 8.16. The number of carbonyl (C=O) groups excluding carboxylic acids is 1. The molecule has 5 nitrogen and oxygen atoms in total. The summed E-state index contributed by atoms with van der Waals surface area (Å²) in [7, 11) is -3.17. The van der Waals surface area contributed by atoms with Crippen molar-refractivity contribution in [2.75, 3.05) is 16.4 Å². The zero-order chi connectivity index (χ0) is 20.8. The van der Waals surface area contributed by atoms with Gasteiger partial charge < -0.3 is 4.90 Å². The van der Waals surface area contributed by atoms with Gasteiger partial charge in [0.25, 0.3) is 5.91 Å². The first-order valence-corrected chi connectivity index (χ1v) is 12.0. The number of benzene rings is 2. The molecule has 2 heterocycles. The number of sulfone groups is 1. The van der Waals surface area contributed by atoms with Crippen LogP contribution in [0.3, 0.4) is 0 Å². The van der Waals surface area contributed by atoms with Gasteiger partial charge in [-0.05, 0) is 37.1 Å². The molecule has 2 aromatic rings. The van der Waals surface area contributed by atoms with Crippen LogP contribution in [-0.4, -0.2) is 42.3 Å². The SMILES string of the molecule is Cc1ccc(CC(=O)N=C2SC3CS(=O)(=O)CC3N2c2ccc(C)c(F)c2)cc1.